The zero-order valence-electron chi connectivity index (χ0n) is 13.0. The molecule has 1 aromatic heterocycles. The number of anilines is 1. The normalized spacial score (nSPS) is 23.2. The largest absolute Gasteiger partial charge is 0.377 e. The summed E-state index contributed by atoms with van der Waals surface area (Å²) in [5, 5.41) is 12.1. The summed E-state index contributed by atoms with van der Waals surface area (Å²) in [6.07, 6.45) is 3.89. The Bertz CT molecular complexity index is 509. The monoisotopic (exact) mass is 325 g/mol. The number of hydrogen-bond acceptors (Lipinski definition) is 7. The maximum absolute atomic E-state index is 12.1. The number of hydrogen-bond donors (Lipinski definition) is 1. The van der Waals surface area contributed by atoms with Crippen LogP contribution in [0.15, 0.2) is 0 Å². The van der Waals surface area contributed by atoms with Crippen molar-refractivity contribution in [3.8, 4) is 0 Å². The molecule has 3 rings (SSSR count). The minimum Gasteiger partial charge on any atom is -0.377 e. The average molecular weight is 325 g/mol. The van der Waals surface area contributed by atoms with E-state index in [0.717, 1.165) is 24.6 Å². The Hall–Kier alpha value is -1.09. The SMILES string of the molecule is COCc1nnc(NC(=O)CN2CCN3CCCC[C@H]3C2)s1. The number of fused-ring (bicyclic) bond motifs is 1. The van der Waals surface area contributed by atoms with Gasteiger partial charge in [-0.05, 0) is 19.4 Å². The van der Waals surface area contributed by atoms with Crippen LogP contribution in [0.5, 0.6) is 0 Å². The molecule has 0 aromatic carbocycles. The van der Waals surface area contributed by atoms with Crippen LogP contribution in [0.1, 0.15) is 24.3 Å². The minimum atomic E-state index is -0.00984. The molecule has 2 fully saturated rings. The van der Waals surface area contributed by atoms with Gasteiger partial charge in [0.05, 0.1) is 6.54 Å². The maximum atomic E-state index is 12.1. The van der Waals surface area contributed by atoms with Crippen molar-refractivity contribution in [1.29, 1.82) is 0 Å². The summed E-state index contributed by atoms with van der Waals surface area (Å²) in [4.78, 5) is 17.0. The van der Waals surface area contributed by atoms with E-state index in [1.54, 1.807) is 7.11 Å². The van der Waals surface area contributed by atoms with Gasteiger partial charge in [0.15, 0.2) is 0 Å². The summed E-state index contributed by atoms with van der Waals surface area (Å²) in [6.45, 7) is 5.13. The minimum absolute atomic E-state index is 0.00984. The third kappa shape index (κ3) is 4.01. The topological polar surface area (TPSA) is 70.6 Å². The van der Waals surface area contributed by atoms with Crippen LogP contribution < -0.4 is 5.32 Å². The summed E-state index contributed by atoms with van der Waals surface area (Å²) >= 11 is 1.36. The maximum Gasteiger partial charge on any atom is 0.240 e. The molecule has 2 aliphatic rings. The van der Waals surface area contributed by atoms with Crippen LogP contribution in [0.4, 0.5) is 5.13 Å². The Balaban J connectivity index is 1.47. The van der Waals surface area contributed by atoms with Crippen molar-refractivity contribution in [2.24, 2.45) is 0 Å². The van der Waals surface area contributed by atoms with Crippen molar-refractivity contribution < 1.29 is 9.53 Å². The standard InChI is InChI=1S/C14H23N5O2S/c1-21-10-13-16-17-14(22-13)15-12(20)9-18-6-7-19-5-3-2-4-11(19)8-18/h11H,2-10H2,1H3,(H,15,17,20)/t11-/m0/s1. The van der Waals surface area contributed by atoms with Gasteiger partial charge in [-0.25, -0.2) is 0 Å². The number of aromatic nitrogens is 2. The van der Waals surface area contributed by atoms with E-state index >= 15 is 0 Å². The lowest BCUT2D eigenvalue weighted by atomic mass is 9.99. The van der Waals surface area contributed by atoms with Gasteiger partial charge in [-0.2, -0.15) is 0 Å². The lowest BCUT2D eigenvalue weighted by Crippen LogP contribution is -2.55. The highest BCUT2D eigenvalue weighted by Crippen LogP contribution is 2.21. The first-order chi connectivity index (χ1) is 10.7. The van der Waals surface area contributed by atoms with Crippen molar-refractivity contribution in [2.75, 3.05) is 45.2 Å². The number of nitrogens with one attached hydrogen (secondary N) is 1. The number of amides is 1. The summed E-state index contributed by atoms with van der Waals surface area (Å²) in [7, 11) is 1.62. The molecule has 122 valence electrons. The van der Waals surface area contributed by atoms with E-state index in [1.165, 1.54) is 37.1 Å². The number of piperazine rings is 1. The first-order valence-corrected chi connectivity index (χ1v) is 8.64. The number of piperidine rings is 1. The molecule has 0 spiro atoms. The molecule has 2 saturated heterocycles. The molecule has 0 bridgehead atoms. The van der Waals surface area contributed by atoms with Gasteiger partial charge in [0.1, 0.15) is 11.6 Å². The van der Waals surface area contributed by atoms with E-state index < -0.39 is 0 Å². The molecule has 8 heteroatoms. The predicted molar refractivity (Wildman–Crippen MR) is 84.9 cm³/mol. The fourth-order valence-corrected chi connectivity index (χ4v) is 3.94. The van der Waals surface area contributed by atoms with Crippen molar-refractivity contribution >= 4 is 22.4 Å². The summed E-state index contributed by atoms with van der Waals surface area (Å²) in [6, 6.07) is 0.630. The Morgan fingerprint density at radius 2 is 2.27 bits per heavy atom. The third-order valence-electron chi connectivity index (χ3n) is 4.27. The fraction of sp³-hybridized carbons (Fsp3) is 0.786. The Labute approximate surface area is 134 Å². The highest BCUT2D eigenvalue weighted by molar-refractivity contribution is 7.15. The number of nitrogens with zero attached hydrogens (tertiary/aromatic N) is 4. The van der Waals surface area contributed by atoms with Crippen LogP contribution in [-0.2, 0) is 16.1 Å². The molecule has 0 unspecified atom stereocenters. The van der Waals surface area contributed by atoms with Gasteiger partial charge in [-0.1, -0.05) is 17.8 Å². The van der Waals surface area contributed by atoms with Gasteiger partial charge in [-0.15, -0.1) is 10.2 Å². The molecule has 1 N–H and O–H groups in total. The summed E-state index contributed by atoms with van der Waals surface area (Å²) < 4.78 is 5.00. The van der Waals surface area contributed by atoms with E-state index in [4.69, 9.17) is 4.74 Å². The highest BCUT2D eigenvalue weighted by atomic mass is 32.1. The third-order valence-corrected chi connectivity index (χ3v) is 5.08. The van der Waals surface area contributed by atoms with Crippen molar-refractivity contribution in [1.82, 2.24) is 20.0 Å². The van der Waals surface area contributed by atoms with Gasteiger partial charge >= 0.3 is 0 Å². The van der Waals surface area contributed by atoms with E-state index in [2.05, 4.69) is 25.3 Å². The first-order valence-electron chi connectivity index (χ1n) is 7.82. The Kier molecular flexibility index (Phi) is 5.35. The van der Waals surface area contributed by atoms with Crippen LogP contribution in [0.2, 0.25) is 0 Å². The van der Waals surface area contributed by atoms with Crippen molar-refractivity contribution in [3.63, 3.8) is 0 Å². The predicted octanol–water partition coefficient (Wildman–Crippen LogP) is 0.793. The molecule has 3 heterocycles. The second kappa shape index (κ2) is 7.45. The number of carbonyl (C=O) groups is 1. The highest BCUT2D eigenvalue weighted by Gasteiger charge is 2.29. The van der Waals surface area contributed by atoms with Crippen LogP contribution in [-0.4, -0.2) is 71.8 Å². The quantitative estimate of drug-likeness (QED) is 0.863. The molecule has 2 aliphatic heterocycles. The average Bonchev–Trinajstić information content (AvgIpc) is 2.94. The van der Waals surface area contributed by atoms with E-state index in [9.17, 15) is 4.79 Å². The van der Waals surface area contributed by atoms with Crippen LogP contribution in [0.3, 0.4) is 0 Å². The van der Waals surface area contributed by atoms with E-state index in [0.29, 0.717) is 24.3 Å². The lowest BCUT2D eigenvalue weighted by molar-refractivity contribution is -0.118. The molecular weight excluding hydrogens is 302 g/mol. The smallest absolute Gasteiger partial charge is 0.240 e. The second-order valence-electron chi connectivity index (χ2n) is 5.90. The zero-order valence-corrected chi connectivity index (χ0v) is 13.8. The van der Waals surface area contributed by atoms with Crippen LogP contribution in [0.25, 0.3) is 0 Å². The van der Waals surface area contributed by atoms with Crippen molar-refractivity contribution in [3.05, 3.63) is 5.01 Å². The lowest BCUT2D eigenvalue weighted by Gasteiger charge is -2.43. The molecule has 7 nitrogen and oxygen atoms in total. The van der Waals surface area contributed by atoms with Gasteiger partial charge in [0.25, 0.3) is 0 Å². The van der Waals surface area contributed by atoms with Gasteiger partial charge in [-0.3, -0.25) is 19.9 Å². The van der Waals surface area contributed by atoms with Crippen molar-refractivity contribution in [2.45, 2.75) is 31.9 Å². The molecule has 1 aromatic rings. The van der Waals surface area contributed by atoms with Gasteiger partial charge in [0.2, 0.25) is 11.0 Å². The Morgan fingerprint density at radius 3 is 3.14 bits per heavy atom. The van der Waals surface area contributed by atoms with Crippen LogP contribution in [0, 0.1) is 0 Å². The van der Waals surface area contributed by atoms with Crippen LogP contribution >= 0.6 is 11.3 Å². The molecule has 1 amide bonds. The zero-order chi connectivity index (χ0) is 15.4. The Morgan fingerprint density at radius 1 is 1.36 bits per heavy atom. The van der Waals surface area contributed by atoms with Gasteiger partial charge < -0.3 is 4.74 Å². The second-order valence-corrected chi connectivity index (χ2v) is 6.96. The first kappa shape index (κ1) is 15.8. The summed E-state index contributed by atoms with van der Waals surface area (Å²) in [5.74, 6) is -0.00984. The fourth-order valence-electron chi connectivity index (χ4n) is 3.21. The molecular formula is C14H23N5O2S. The number of rotatable bonds is 5. The molecule has 0 radical (unpaired) electrons. The molecule has 1 atom stereocenters. The van der Waals surface area contributed by atoms with E-state index in [1.807, 2.05) is 0 Å². The van der Waals surface area contributed by atoms with Gasteiger partial charge in [0, 0.05) is 32.8 Å². The molecule has 0 saturated carbocycles. The van der Waals surface area contributed by atoms with E-state index in [-0.39, 0.29) is 5.91 Å². The number of methoxy groups -OCH3 is 1. The number of ether oxygens (including phenoxy) is 1. The molecule has 0 aliphatic carbocycles. The summed E-state index contributed by atoms with van der Waals surface area (Å²) in [5.41, 5.74) is 0. The number of carbonyl (C=O) groups excluding carboxylic acids is 1. The molecule has 22 heavy (non-hydrogen) atoms.